The summed E-state index contributed by atoms with van der Waals surface area (Å²) >= 11 is 6.36. The highest BCUT2D eigenvalue weighted by Crippen LogP contribution is 2.43. The Bertz CT molecular complexity index is 1520. The Hall–Kier alpha value is -3.54. The molecule has 0 unspecified atom stereocenters. The zero-order chi connectivity index (χ0) is 24.1. The van der Waals surface area contributed by atoms with Gasteiger partial charge in [0, 0.05) is 58.4 Å². The van der Waals surface area contributed by atoms with Gasteiger partial charge in [0.25, 0.3) is 0 Å². The molecule has 0 fully saturated rings. The van der Waals surface area contributed by atoms with Crippen LogP contribution in [0.5, 0.6) is 11.5 Å². The lowest BCUT2D eigenvalue weighted by Gasteiger charge is -2.30. The third-order valence-corrected chi connectivity index (χ3v) is 7.17. The number of ether oxygens (including phenoxy) is 2. The van der Waals surface area contributed by atoms with Crippen LogP contribution >= 0.6 is 11.6 Å². The SMILES string of the molecule is CCn1cc(/C=C2\Oc3c(cc4c(c3C)OCN(Cc3ccccc3Cl)C4)C2=O)c2ccccc21. The highest BCUT2D eigenvalue weighted by molar-refractivity contribution is 6.31. The van der Waals surface area contributed by atoms with Gasteiger partial charge in [-0.3, -0.25) is 9.69 Å². The van der Waals surface area contributed by atoms with Gasteiger partial charge >= 0.3 is 0 Å². The molecule has 0 saturated carbocycles. The van der Waals surface area contributed by atoms with Crippen molar-refractivity contribution in [2.75, 3.05) is 6.73 Å². The summed E-state index contributed by atoms with van der Waals surface area (Å²) in [5, 5.41) is 1.84. The third-order valence-electron chi connectivity index (χ3n) is 6.80. The normalized spacial score (nSPS) is 16.3. The largest absolute Gasteiger partial charge is 0.477 e. The van der Waals surface area contributed by atoms with Crippen molar-refractivity contribution in [1.29, 1.82) is 0 Å². The maximum absolute atomic E-state index is 13.4. The number of carbonyl (C=O) groups excluding carboxylic acids is 1. The summed E-state index contributed by atoms with van der Waals surface area (Å²) in [4.78, 5) is 15.6. The minimum Gasteiger partial charge on any atom is -0.477 e. The molecule has 0 aliphatic carbocycles. The Kier molecular flexibility index (Phi) is 5.39. The van der Waals surface area contributed by atoms with Crippen LogP contribution in [0.2, 0.25) is 5.02 Å². The van der Waals surface area contributed by atoms with Gasteiger partial charge in [-0.15, -0.1) is 0 Å². The van der Waals surface area contributed by atoms with Crippen LogP contribution in [-0.2, 0) is 19.6 Å². The number of fused-ring (bicyclic) bond motifs is 3. The summed E-state index contributed by atoms with van der Waals surface area (Å²) in [5.41, 5.74) is 5.61. The van der Waals surface area contributed by atoms with Crippen LogP contribution in [0.25, 0.3) is 17.0 Å². The third kappa shape index (κ3) is 3.72. The highest BCUT2D eigenvalue weighted by Gasteiger charge is 2.34. The summed E-state index contributed by atoms with van der Waals surface area (Å²) in [6.45, 7) is 6.72. The van der Waals surface area contributed by atoms with Crippen LogP contribution in [0.15, 0.2) is 66.6 Å². The van der Waals surface area contributed by atoms with E-state index in [1.165, 1.54) is 0 Å². The first-order chi connectivity index (χ1) is 17.0. The topological polar surface area (TPSA) is 43.7 Å². The van der Waals surface area contributed by atoms with E-state index in [4.69, 9.17) is 21.1 Å². The molecule has 35 heavy (non-hydrogen) atoms. The molecule has 0 spiro atoms. The van der Waals surface area contributed by atoms with E-state index in [2.05, 4.69) is 34.7 Å². The average molecular weight is 485 g/mol. The molecule has 0 atom stereocenters. The summed E-state index contributed by atoms with van der Waals surface area (Å²) in [6, 6.07) is 18.0. The van der Waals surface area contributed by atoms with Gasteiger partial charge in [-0.2, -0.15) is 0 Å². The lowest BCUT2D eigenvalue weighted by molar-refractivity contribution is 0.0877. The first-order valence-electron chi connectivity index (χ1n) is 11.8. The van der Waals surface area contributed by atoms with Gasteiger partial charge < -0.3 is 14.0 Å². The van der Waals surface area contributed by atoms with E-state index in [1.54, 1.807) is 0 Å². The molecule has 3 heterocycles. The molecule has 2 aliphatic heterocycles. The lowest BCUT2D eigenvalue weighted by Crippen LogP contribution is -2.32. The second-order valence-corrected chi connectivity index (χ2v) is 9.45. The summed E-state index contributed by atoms with van der Waals surface area (Å²) in [6.07, 6.45) is 3.94. The number of halogens is 1. The molecule has 3 aromatic carbocycles. The molecule has 6 heteroatoms. The van der Waals surface area contributed by atoms with Gasteiger partial charge in [0.05, 0.1) is 5.56 Å². The zero-order valence-corrected chi connectivity index (χ0v) is 20.4. The molecular formula is C29H25ClN2O3. The zero-order valence-electron chi connectivity index (χ0n) is 19.7. The summed E-state index contributed by atoms with van der Waals surface area (Å²) in [5.74, 6) is 1.65. The Morgan fingerprint density at radius 1 is 1.09 bits per heavy atom. The van der Waals surface area contributed by atoms with Crippen LogP contribution in [0, 0.1) is 6.92 Å². The van der Waals surface area contributed by atoms with Crippen molar-refractivity contribution in [3.63, 3.8) is 0 Å². The van der Waals surface area contributed by atoms with Gasteiger partial charge in [0.15, 0.2) is 5.76 Å². The number of hydrogen-bond donors (Lipinski definition) is 0. The summed E-state index contributed by atoms with van der Waals surface area (Å²) in [7, 11) is 0. The molecule has 1 aromatic heterocycles. The van der Waals surface area contributed by atoms with Gasteiger partial charge in [-0.05, 0) is 43.7 Å². The van der Waals surface area contributed by atoms with E-state index in [-0.39, 0.29) is 5.78 Å². The fourth-order valence-corrected chi connectivity index (χ4v) is 5.25. The van der Waals surface area contributed by atoms with Crippen molar-refractivity contribution in [3.05, 3.63) is 99.4 Å². The first kappa shape index (κ1) is 22.0. The fourth-order valence-electron chi connectivity index (χ4n) is 5.06. The number of allylic oxidation sites excluding steroid dienone is 1. The number of para-hydroxylation sites is 1. The standard InChI is InChI=1S/C29H25ClN2O3/c1-3-32-16-20(22-9-5-7-11-25(22)32)13-26-27(33)23-12-21-15-31(14-19-8-4-6-10-24(19)30)17-34-28(21)18(2)29(23)35-26/h4-13,16H,3,14-15,17H2,1-2H3/b26-13-. The molecule has 6 rings (SSSR count). The Morgan fingerprint density at radius 2 is 1.89 bits per heavy atom. The van der Waals surface area contributed by atoms with Crippen molar-refractivity contribution in [2.24, 2.45) is 0 Å². The Labute approximate surface area is 209 Å². The van der Waals surface area contributed by atoms with E-state index in [0.29, 0.717) is 36.9 Å². The van der Waals surface area contributed by atoms with Crippen LogP contribution in [-0.4, -0.2) is 22.0 Å². The lowest BCUT2D eigenvalue weighted by atomic mass is 9.99. The average Bonchev–Trinajstić information content (AvgIpc) is 3.38. The molecular weight excluding hydrogens is 460 g/mol. The van der Waals surface area contributed by atoms with Gasteiger partial charge in [0.1, 0.15) is 18.2 Å². The second-order valence-electron chi connectivity index (χ2n) is 9.05. The number of ketones is 1. The van der Waals surface area contributed by atoms with E-state index in [9.17, 15) is 4.79 Å². The number of carbonyl (C=O) groups is 1. The molecule has 176 valence electrons. The maximum atomic E-state index is 13.4. The highest BCUT2D eigenvalue weighted by atomic mass is 35.5. The fraction of sp³-hybridized carbons (Fsp3) is 0.207. The molecule has 0 amide bonds. The number of rotatable bonds is 4. The molecule has 5 nitrogen and oxygen atoms in total. The molecule has 0 N–H and O–H groups in total. The van der Waals surface area contributed by atoms with Gasteiger partial charge in [0.2, 0.25) is 5.78 Å². The van der Waals surface area contributed by atoms with E-state index >= 15 is 0 Å². The predicted octanol–water partition coefficient (Wildman–Crippen LogP) is 6.59. The molecule has 0 bridgehead atoms. The molecule has 2 aliphatic rings. The molecule has 4 aromatic rings. The number of aromatic nitrogens is 1. The van der Waals surface area contributed by atoms with Crippen LogP contribution in [0.4, 0.5) is 0 Å². The molecule has 0 saturated heterocycles. The van der Waals surface area contributed by atoms with Gasteiger partial charge in [-0.1, -0.05) is 48.0 Å². The van der Waals surface area contributed by atoms with Crippen molar-refractivity contribution in [2.45, 2.75) is 33.5 Å². The van der Waals surface area contributed by atoms with Crippen molar-refractivity contribution >= 4 is 34.4 Å². The number of aryl methyl sites for hydroxylation is 1. The van der Waals surface area contributed by atoms with Crippen LogP contribution < -0.4 is 9.47 Å². The monoisotopic (exact) mass is 484 g/mol. The van der Waals surface area contributed by atoms with E-state index in [0.717, 1.165) is 50.5 Å². The van der Waals surface area contributed by atoms with Crippen molar-refractivity contribution < 1.29 is 14.3 Å². The van der Waals surface area contributed by atoms with Crippen molar-refractivity contribution in [3.8, 4) is 11.5 Å². The Balaban J connectivity index is 1.32. The number of Topliss-reactive ketones (excluding diaryl/α,β-unsaturated/α-hetero) is 1. The van der Waals surface area contributed by atoms with E-state index in [1.807, 2.05) is 55.5 Å². The van der Waals surface area contributed by atoms with E-state index < -0.39 is 0 Å². The summed E-state index contributed by atoms with van der Waals surface area (Å²) < 4.78 is 14.5. The van der Waals surface area contributed by atoms with Gasteiger partial charge in [-0.25, -0.2) is 0 Å². The molecule has 0 radical (unpaired) electrons. The smallest absolute Gasteiger partial charge is 0.231 e. The minimum absolute atomic E-state index is 0.0949. The first-order valence-corrected chi connectivity index (χ1v) is 12.2. The van der Waals surface area contributed by atoms with Crippen molar-refractivity contribution in [1.82, 2.24) is 9.47 Å². The number of benzene rings is 3. The van der Waals surface area contributed by atoms with Crippen LogP contribution in [0.1, 0.15) is 39.5 Å². The predicted molar refractivity (Wildman–Crippen MR) is 138 cm³/mol. The second kappa shape index (κ2) is 8.59. The minimum atomic E-state index is -0.0949. The Morgan fingerprint density at radius 3 is 2.71 bits per heavy atom. The number of hydrogen-bond acceptors (Lipinski definition) is 4. The number of nitrogens with zero attached hydrogens (tertiary/aromatic N) is 2. The van der Waals surface area contributed by atoms with Crippen LogP contribution in [0.3, 0.4) is 0 Å². The maximum Gasteiger partial charge on any atom is 0.231 e. The quantitative estimate of drug-likeness (QED) is 0.306.